The molecule has 6 heteroatoms. The summed E-state index contributed by atoms with van der Waals surface area (Å²) < 4.78 is 19.1. The normalized spacial score (nSPS) is 18.3. The molecular formula is C16H19FN2O2S. The number of esters is 1. The summed E-state index contributed by atoms with van der Waals surface area (Å²) in [6.07, 6.45) is 1.50. The van der Waals surface area contributed by atoms with E-state index < -0.39 is 12.0 Å². The van der Waals surface area contributed by atoms with Crippen molar-refractivity contribution in [3.63, 3.8) is 0 Å². The minimum atomic E-state index is -0.640. The molecular weight excluding hydrogens is 303 g/mol. The van der Waals surface area contributed by atoms with Crippen LogP contribution in [0.15, 0.2) is 35.5 Å². The number of thiocarbonyl (C=S) groups is 1. The van der Waals surface area contributed by atoms with Gasteiger partial charge in [-0.3, -0.25) is 0 Å². The third-order valence-corrected chi connectivity index (χ3v) is 4.08. The number of hydrogen-bond donors (Lipinski definition) is 1. The van der Waals surface area contributed by atoms with Gasteiger partial charge in [-0.1, -0.05) is 31.5 Å². The molecule has 0 aromatic heterocycles. The molecule has 0 aliphatic carbocycles. The third-order valence-electron chi connectivity index (χ3n) is 3.69. The van der Waals surface area contributed by atoms with Gasteiger partial charge in [0.1, 0.15) is 5.82 Å². The van der Waals surface area contributed by atoms with Crippen LogP contribution in [0.5, 0.6) is 0 Å². The highest BCUT2D eigenvalue weighted by atomic mass is 32.1. The van der Waals surface area contributed by atoms with Crippen LogP contribution in [0.4, 0.5) is 4.39 Å². The number of ether oxygens (including phenoxy) is 1. The topological polar surface area (TPSA) is 41.6 Å². The van der Waals surface area contributed by atoms with Crippen LogP contribution in [0, 0.1) is 5.82 Å². The van der Waals surface area contributed by atoms with Crippen LogP contribution in [0.3, 0.4) is 0 Å². The Balaban J connectivity index is 2.62. The SMILES string of the molecule is CCCC1=C(C(=O)OC)C(c2ccccc2F)NC(=S)N1C. The Hall–Kier alpha value is -1.95. The first-order chi connectivity index (χ1) is 10.5. The molecule has 1 aliphatic rings. The maximum Gasteiger partial charge on any atom is 0.337 e. The Kier molecular flexibility index (Phi) is 5.13. The number of hydrogen-bond acceptors (Lipinski definition) is 3. The molecule has 1 aliphatic heterocycles. The van der Waals surface area contributed by atoms with Gasteiger partial charge in [0.2, 0.25) is 0 Å². The smallest absolute Gasteiger partial charge is 0.337 e. The lowest BCUT2D eigenvalue weighted by molar-refractivity contribution is -0.136. The third kappa shape index (κ3) is 2.97. The maximum absolute atomic E-state index is 14.2. The van der Waals surface area contributed by atoms with Crippen molar-refractivity contribution < 1.29 is 13.9 Å². The van der Waals surface area contributed by atoms with Gasteiger partial charge in [0.25, 0.3) is 0 Å². The first kappa shape index (κ1) is 16.4. The van der Waals surface area contributed by atoms with Crippen molar-refractivity contribution in [1.82, 2.24) is 10.2 Å². The Bertz CT molecular complexity index is 630. The Morgan fingerprint density at radius 3 is 2.73 bits per heavy atom. The molecule has 1 heterocycles. The van der Waals surface area contributed by atoms with Gasteiger partial charge in [0.05, 0.1) is 18.7 Å². The number of nitrogens with one attached hydrogen (secondary N) is 1. The molecule has 1 atom stereocenters. The lowest BCUT2D eigenvalue weighted by Gasteiger charge is -2.36. The Morgan fingerprint density at radius 1 is 1.45 bits per heavy atom. The van der Waals surface area contributed by atoms with Crippen LogP contribution in [0.2, 0.25) is 0 Å². The summed E-state index contributed by atoms with van der Waals surface area (Å²) >= 11 is 5.32. The number of carbonyl (C=O) groups is 1. The summed E-state index contributed by atoms with van der Waals surface area (Å²) in [4.78, 5) is 14.0. The van der Waals surface area contributed by atoms with Crippen molar-refractivity contribution in [3.05, 3.63) is 46.9 Å². The second-order valence-corrected chi connectivity index (χ2v) is 5.45. The molecule has 0 saturated carbocycles. The summed E-state index contributed by atoms with van der Waals surface area (Å²) in [7, 11) is 3.12. The van der Waals surface area contributed by atoms with Crippen LogP contribution in [-0.2, 0) is 9.53 Å². The predicted molar refractivity (Wildman–Crippen MR) is 86.6 cm³/mol. The number of methoxy groups -OCH3 is 1. The van der Waals surface area contributed by atoms with E-state index in [4.69, 9.17) is 17.0 Å². The molecule has 118 valence electrons. The average molecular weight is 322 g/mol. The zero-order valence-corrected chi connectivity index (χ0v) is 13.7. The van der Waals surface area contributed by atoms with E-state index in [-0.39, 0.29) is 5.82 Å². The quantitative estimate of drug-likeness (QED) is 0.682. The molecule has 0 amide bonds. The van der Waals surface area contributed by atoms with E-state index in [1.165, 1.54) is 13.2 Å². The van der Waals surface area contributed by atoms with E-state index in [0.29, 0.717) is 22.7 Å². The van der Waals surface area contributed by atoms with Gasteiger partial charge >= 0.3 is 5.97 Å². The molecule has 1 unspecified atom stereocenters. The average Bonchev–Trinajstić information content (AvgIpc) is 2.51. The zero-order chi connectivity index (χ0) is 16.3. The fourth-order valence-electron chi connectivity index (χ4n) is 2.59. The van der Waals surface area contributed by atoms with Gasteiger partial charge in [0.15, 0.2) is 5.11 Å². The fourth-order valence-corrected chi connectivity index (χ4v) is 2.82. The lowest BCUT2D eigenvalue weighted by atomic mass is 9.93. The number of benzene rings is 1. The number of carbonyl (C=O) groups excluding carboxylic acids is 1. The van der Waals surface area contributed by atoms with Crippen molar-refractivity contribution in [2.24, 2.45) is 0 Å². The monoisotopic (exact) mass is 322 g/mol. The lowest BCUT2D eigenvalue weighted by Crippen LogP contribution is -2.46. The summed E-state index contributed by atoms with van der Waals surface area (Å²) in [6.45, 7) is 2.01. The molecule has 0 fully saturated rings. The van der Waals surface area contributed by atoms with Crippen LogP contribution in [0.1, 0.15) is 31.4 Å². The van der Waals surface area contributed by atoms with Crippen molar-refractivity contribution in [2.45, 2.75) is 25.8 Å². The highest BCUT2D eigenvalue weighted by molar-refractivity contribution is 7.80. The van der Waals surface area contributed by atoms with Crippen LogP contribution in [0.25, 0.3) is 0 Å². The second kappa shape index (κ2) is 6.87. The van der Waals surface area contributed by atoms with Gasteiger partial charge < -0.3 is 15.0 Å². The van der Waals surface area contributed by atoms with Crippen LogP contribution in [-0.4, -0.2) is 30.1 Å². The van der Waals surface area contributed by atoms with Gasteiger partial charge in [-0.05, 0) is 24.7 Å². The fraction of sp³-hybridized carbons (Fsp3) is 0.375. The van der Waals surface area contributed by atoms with Crippen molar-refractivity contribution >= 4 is 23.3 Å². The van der Waals surface area contributed by atoms with E-state index in [2.05, 4.69) is 5.32 Å². The van der Waals surface area contributed by atoms with E-state index in [1.807, 2.05) is 6.92 Å². The molecule has 1 aromatic rings. The molecule has 22 heavy (non-hydrogen) atoms. The maximum atomic E-state index is 14.2. The molecule has 0 spiro atoms. The van der Waals surface area contributed by atoms with Gasteiger partial charge in [0, 0.05) is 18.3 Å². The molecule has 2 rings (SSSR count). The Labute approximate surface area is 134 Å². The highest BCUT2D eigenvalue weighted by Gasteiger charge is 2.35. The van der Waals surface area contributed by atoms with Crippen LogP contribution < -0.4 is 5.32 Å². The van der Waals surface area contributed by atoms with E-state index >= 15 is 0 Å². The van der Waals surface area contributed by atoms with E-state index in [9.17, 15) is 9.18 Å². The van der Waals surface area contributed by atoms with Crippen molar-refractivity contribution in [3.8, 4) is 0 Å². The van der Waals surface area contributed by atoms with E-state index in [0.717, 1.165) is 12.1 Å². The van der Waals surface area contributed by atoms with Crippen molar-refractivity contribution in [1.29, 1.82) is 0 Å². The molecule has 1 N–H and O–H groups in total. The molecule has 0 bridgehead atoms. The summed E-state index contributed by atoms with van der Waals surface area (Å²) in [5.41, 5.74) is 1.56. The predicted octanol–water partition coefficient (Wildman–Crippen LogP) is 2.91. The number of allylic oxidation sites excluding steroid dienone is 1. The van der Waals surface area contributed by atoms with Gasteiger partial charge in [-0.15, -0.1) is 0 Å². The summed E-state index contributed by atoms with van der Waals surface area (Å²) in [5, 5.41) is 3.50. The highest BCUT2D eigenvalue weighted by Crippen LogP contribution is 2.33. The van der Waals surface area contributed by atoms with Crippen LogP contribution >= 0.6 is 12.2 Å². The number of nitrogens with zero attached hydrogens (tertiary/aromatic N) is 1. The molecule has 0 saturated heterocycles. The second-order valence-electron chi connectivity index (χ2n) is 5.06. The first-order valence-corrected chi connectivity index (χ1v) is 7.52. The van der Waals surface area contributed by atoms with Gasteiger partial charge in [-0.25, -0.2) is 9.18 Å². The standard InChI is InChI=1S/C16H19FN2O2S/c1-4-7-12-13(15(20)21-3)14(18-16(22)19(12)2)10-8-5-6-9-11(10)17/h5-6,8-9,14H,4,7H2,1-3H3,(H,18,22). The van der Waals surface area contributed by atoms with Gasteiger partial charge in [-0.2, -0.15) is 0 Å². The first-order valence-electron chi connectivity index (χ1n) is 7.11. The van der Waals surface area contributed by atoms with E-state index in [1.54, 1.807) is 30.1 Å². The minimum absolute atomic E-state index is 0.381. The Morgan fingerprint density at radius 2 is 2.14 bits per heavy atom. The molecule has 0 radical (unpaired) electrons. The minimum Gasteiger partial charge on any atom is -0.466 e. The zero-order valence-electron chi connectivity index (χ0n) is 12.9. The largest absolute Gasteiger partial charge is 0.466 e. The molecule has 1 aromatic carbocycles. The molecule has 4 nitrogen and oxygen atoms in total. The van der Waals surface area contributed by atoms with Crippen molar-refractivity contribution in [2.75, 3.05) is 14.2 Å². The summed E-state index contributed by atoms with van der Waals surface area (Å²) in [6, 6.07) is 5.72. The number of rotatable bonds is 4. The summed E-state index contributed by atoms with van der Waals surface area (Å²) in [5.74, 6) is -0.858. The number of halogens is 1.